The van der Waals surface area contributed by atoms with E-state index in [1.54, 1.807) is 13.8 Å². The Bertz CT molecular complexity index is 433. The molecule has 0 saturated heterocycles. The SMILES string of the molecule is COCC(C)(C)C(=O)NCc1ccc(F)cc1F. The van der Waals surface area contributed by atoms with Crippen LogP contribution in [0.2, 0.25) is 0 Å². The fourth-order valence-corrected chi connectivity index (χ4v) is 1.51. The molecule has 5 heteroatoms. The maximum atomic E-state index is 13.3. The number of benzene rings is 1. The molecule has 0 saturated carbocycles. The fourth-order valence-electron chi connectivity index (χ4n) is 1.51. The average Bonchev–Trinajstić information content (AvgIpc) is 2.27. The van der Waals surface area contributed by atoms with Gasteiger partial charge in [0.05, 0.1) is 12.0 Å². The maximum Gasteiger partial charge on any atom is 0.228 e. The first-order valence-electron chi connectivity index (χ1n) is 5.58. The maximum absolute atomic E-state index is 13.3. The summed E-state index contributed by atoms with van der Waals surface area (Å²) in [7, 11) is 1.51. The number of methoxy groups -OCH3 is 1. The Morgan fingerprint density at radius 1 is 1.39 bits per heavy atom. The molecular weight excluding hydrogens is 240 g/mol. The molecule has 0 aliphatic rings. The largest absolute Gasteiger partial charge is 0.384 e. The molecule has 1 aromatic rings. The predicted octanol–water partition coefficient (Wildman–Crippen LogP) is 2.25. The van der Waals surface area contributed by atoms with Gasteiger partial charge in [0, 0.05) is 25.3 Å². The number of amides is 1. The quantitative estimate of drug-likeness (QED) is 0.878. The smallest absolute Gasteiger partial charge is 0.228 e. The van der Waals surface area contributed by atoms with Gasteiger partial charge >= 0.3 is 0 Å². The first-order valence-corrected chi connectivity index (χ1v) is 5.58. The van der Waals surface area contributed by atoms with Crippen LogP contribution in [0.4, 0.5) is 8.78 Å². The lowest BCUT2D eigenvalue weighted by Crippen LogP contribution is -2.39. The highest BCUT2D eigenvalue weighted by Gasteiger charge is 2.27. The van der Waals surface area contributed by atoms with Crippen molar-refractivity contribution in [2.45, 2.75) is 20.4 Å². The molecule has 100 valence electrons. The van der Waals surface area contributed by atoms with Crippen LogP contribution < -0.4 is 5.32 Å². The van der Waals surface area contributed by atoms with Gasteiger partial charge in [-0.2, -0.15) is 0 Å². The molecule has 0 aliphatic heterocycles. The van der Waals surface area contributed by atoms with Crippen LogP contribution in [-0.4, -0.2) is 19.6 Å². The molecule has 0 atom stereocenters. The van der Waals surface area contributed by atoms with Gasteiger partial charge in [0.2, 0.25) is 5.91 Å². The molecule has 0 spiro atoms. The second-order valence-electron chi connectivity index (χ2n) is 4.74. The Morgan fingerprint density at radius 2 is 2.06 bits per heavy atom. The highest BCUT2D eigenvalue weighted by atomic mass is 19.1. The molecule has 0 radical (unpaired) electrons. The highest BCUT2D eigenvalue weighted by Crippen LogP contribution is 2.16. The molecule has 3 nitrogen and oxygen atoms in total. The summed E-state index contributed by atoms with van der Waals surface area (Å²) in [6, 6.07) is 3.26. The van der Waals surface area contributed by atoms with E-state index in [1.165, 1.54) is 13.2 Å². The number of rotatable bonds is 5. The van der Waals surface area contributed by atoms with Gasteiger partial charge in [0.1, 0.15) is 11.6 Å². The normalized spacial score (nSPS) is 11.4. The minimum atomic E-state index is -0.689. The summed E-state index contributed by atoms with van der Waals surface area (Å²) in [5, 5.41) is 2.60. The first kappa shape index (κ1) is 14.6. The van der Waals surface area contributed by atoms with Crippen LogP contribution in [0.3, 0.4) is 0 Å². The molecule has 1 N–H and O–H groups in total. The van der Waals surface area contributed by atoms with Crippen LogP contribution in [0.15, 0.2) is 18.2 Å². The third kappa shape index (κ3) is 3.77. The molecule has 18 heavy (non-hydrogen) atoms. The zero-order valence-corrected chi connectivity index (χ0v) is 10.7. The van der Waals surface area contributed by atoms with Crippen LogP contribution >= 0.6 is 0 Å². The lowest BCUT2D eigenvalue weighted by Gasteiger charge is -2.22. The summed E-state index contributed by atoms with van der Waals surface area (Å²) in [6.07, 6.45) is 0. The van der Waals surface area contributed by atoms with Gasteiger partial charge < -0.3 is 10.1 Å². The van der Waals surface area contributed by atoms with E-state index in [1.807, 2.05) is 0 Å². The van der Waals surface area contributed by atoms with Crippen molar-refractivity contribution < 1.29 is 18.3 Å². The molecular formula is C13H17F2NO2. The summed E-state index contributed by atoms with van der Waals surface area (Å²) in [5.74, 6) is -1.55. The number of carbonyl (C=O) groups excluding carboxylic acids is 1. The molecule has 0 bridgehead atoms. The summed E-state index contributed by atoms with van der Waals surface area (Å²) < 4.78 is 31.0. The van der Waals surface area contributed by atoms with E-state index >= 15 is 0 Å². The van der Waals surface area contributed by atoms with Gasteiger partial charge in [0.25, 0.3) is 0 Å². The van der Waals surface area contributed by atoms with Gasteiger partial charge in [-0.15, -0.1) is 0 Å². The summed E-state index contributed by atoms with van der Waals surface area (Å²) >= 11 is 0. The third-order valence-electron chi connectivity index (χ3n) is 2.57. The van der Waals surface area contributed by atoms with Crippen molar-refractivity contribution >= 4 is 5.91 Å². The molecule has 0 unspecified atom stereocenters. The summed E-state index contributed by atoms with van der Waals surface area (Å²) in [5.41, 5.74) is -0.441. The second kappa shape index (κ2) is 5.91. The van der Waals surface area contributed by atoms with E-state index in [9.17, 15) is 13.6 Å². The summed E-state index contributed by atoms with van der Waals surface area (Å²) in [4.78, 5) is 11.8. The van der Waals surface area contributed by atoms with Crippen LogP contribution in [0, 0.1) is 17.0 Å². The Labute approximate surface area is 105 Å². The van der Waals surface area contributed by atoms with Crippen molar-refractivity contribution in [3.8, 4) is 0 Å². The summed E-state index contributed by atoms with van der Waals surface area (Å²) in [6.45, 7) is 3.75. The van der Waals surface area contributed by atoms with Gasteiger partial charge in [-0.25, -0.2) is 8.78 Å². The van der Waals surface area contributed by atoms with E-state index in [2.05, 4.69) is 5.32 Å². The lowest BCUT2D eigenvalue weighted by atomic mass is 9.93. The van der Waals surface area contributed by atoms with Crippen LogP contribution in [0.1, 0.15) is 19.4 Å². The number of carbonyl (C=O) groups is 1. The van der Waals surface area contributed by atoms with E-state index in [4.69, 9.17) is 4.74 Å². The number of halogens is 2. The molecule has 1 aromatic carbocycles. The number of nitrogens with one attached hydrogen (secondary N) is 1. The van der Waals surface area contributed by atoms with Crippen molar-refractivity contribution in [1.82, 2.24) is 5.32 Å². The van der Waals surface area contributed by atoms with E-state index in [0.717, 1.165) is 12.1 Å². The Morgan fingerprint density at radius 3 is 2.61 bits per heavy atom. The van der Waals surface area contributed by atoms with Gasteiger partial charge in [-0.1, -0.05) is 6.07 Å². The van der Waals surface area contributed by atoms with Gasteiger partial charge in [-0.3, -0.25) is 4.79 Å². The zero-order chi connectivity index (χ0) is 13.8. The molecule has 0 aliphatic carbocycles. The number of hydrogen-bond acceptors (Lipinski definition) is 2. The fraction of sp³-hybridized carbons (Fsp3) is 0.462. The van der Waals surface area contributed by atoms with Crippen molar-refractivity contribution in [2.75, 3.05) is 13.7 Å². The van der Waals surface area contributed by atoms with Crippen molar-refractivity contribution in [3.63, 3.8) is 0 Å². The molecule has 0 heterocycles. The van der Waals surface area contributed by atoms with Crippen molar-refractivity contribution in [2.24, 2.45) is 5.41 Å². The zero-order valence-electron chi connectivity index (χ0n) is 10.7. The standard InChI is InChI=1S/C13H17F2NO2/c1-13(2,8-18-3)12(17)16-7-9-4-5-10(14)6-11(9)15/h4-6H,7-8H2,1-3H3,(H,16,17). The molecule has 0 aromatic heterocycles. The Hall–Kier alpha value is -1.49. The van der Waals surface area contributed by atoms with E-state index in [-0.39, 0.29) is 24.6 Å². The highest BCUT2D eigenvalue weighted by molar-refractivity contribution is 5.81. The minimum absolute atomic E-state index is 0.0259. The second-order valence-corrected chi connectivity index (χ2v) is 4.74. The van der Waals surface area contributed by atoms with Gasteiger partial charge in [-0.05, 0) is 19.9 Å². The monoisotopic (exact) mass is 257 g/mol. The third-order valence-corrected chi connectivity index (χ3v) is 2.57. The number of hydrogen-bond donors (Lipinski definition) is 1. The predicted molar refractivity (Wildman–Crippen MR) is 63.9 cm³/mol. The number of ether oxygens (including phenoxy) is 1. The van der Waals surface area contributed by atoms with Gasteiger partial charge in [0.15, 0.2) is 0 Å². The van der Waals surface area contributed by atoms with E-state index in [0.29, 0.717) is 0 Å². The van der Waals surface area contributed by atoms with Crippen LogP contribution in [0.5, 0.6) is 0 Å². The molecule has 1 rings (SSSR count). The van der Waals surface area contributed by atoms with Crippen molar-refractivity contribution in [3.05, 3.63) is 35.4 Å². The van der Waals surface area contributed by atoms with Crippen LogP contribution in [-0.2, 0) is 16.1 Å². The molecule has 0 fully saturated rings. The van der Waals surface area contributed by atoms with E-state index < -0.39 is 17.0 Å². The molecule has 1 amide bonds. The average molecular weight is 257 g/mol. The van der Waals surface area contributed by atoms with Crippen molar-refractivity contribution in [1.29, 1.82) is 0 Å². The topological polar surface area (TPSA) is 38.3 Å². The lowest BCUT2D eigenvalue weighted by molar-refractivity contribution is -0.132. The minimum Gasteiger partial charge on any atom is -0.384 e. The first-order chi connectivity index (χ1) is 8.36. The Balaban J connectivity index is 2.62. The Kier molecular flexibility index (Phi) is 4.78. The van der Waals surface area contributed by atoms with Crippen LogP contribution in [0.25, 0.3) is 0 Å².